The lowest BCUT2D eigenvalue weighted by atomic mass is 10.1. The molecule has 0 bridgehead atoms. The highest BCUT2D eigenvalue weighted by molar-refractivity contribution is 5.95. The summed E-state index contributed by atoms with van der Waals surface area (Å²) in [5.41, 5.74) is 6.27. The molecule has 12 heteroatoms. The number of nitrogens with one attached hydrogen (secondary N) is 2. The van der Waals surface area contributed by atoms with Gasteiger partial charge in [0.1, 0.15) is 30.4 Å². The van der Waals surface area contributed by atoms with Crippen LogP contribution in [0.2, 0.25) is 0 Å². The van der Waals surface area contributed by atoms with Crippen LogP contribution in [0.3, 0.4) is 0 Å². The summed E-state index contributed by atoms with van der Waals surface area (Å²) in [4.78, 5) is 24.8. The standard InChI is InChI=1S/C18H20N6O6/c1-29-10-4-2-9(3-5-10)17(28)23-22-15-12-16(20-7-19-15)24(8-21-12)18-14(27)13(26)11(6-25)30-18/h2-5,7-8,11,13-14,18,25-27H,6H2,1H3,(H,23,28)(H,19,20,22)/t11-,13-,14-,18-/m1/s1. The lowest BCUT2D eigenvalue weighted by Crippen LogP contribution is -2.33. The van der Waals surface area contributed by atoms with Gasteiger partial charge in [0.15, 0.2) is 23.2 Å². The Morgan fingerprint density at radius 2 is 1.97 bits per heavy atom. The Bertz CT molecular complexity index is 1040. The van der Waals surface area contributed by atoms with Crippen molar-refractivity contribution in [2.45, 2.75) is 24.5 Å². The normalized spacial score (nSPS) is 23.5. The molecule has 12 nitrogen and oxygen atoms in total. The first kappa shape index (κ1) is 20.0. The van der Waals surface area contributed by atoms with E-state index in [9.17, 15) is 20.1 Å². The summed E-state index contributed by atoms with van der Waals surface area (Å²) in [5.74, 6) is 0.465. The summed E-state index contributed by atoms with van der Waals surface area (Å²) >= 11 is 0. The molecule has 1 aliphatic heterocycles. The molecular formula is C18H20N6O6. The van der Waals surface area contributed by atoms with Gasteiger partial charge in [-0.2, -0.15) is 0 Å². The minimum atomic E-state index is -1.28. The molecule has 1 aliphatic rings. The fourth-order valence-corrected chi connectivity index (χ4v) is 3.17. The molecule has 3 heterocycles. The first-order valence-corrected chi connectivity index (χ1v) is 9.04. The highest BCUT2D eigenvalue weighted by atomic mass is 16.6. The Balaban J connectivity index is 1.53. The Kier molecular flexibility index (Phi) is 5.46. The molecule has 158 valence electrons. The van der Waals surface area contributed by atoms with Gasteiger partial charge in [0.05, 0.1) is 20.0 Å². The number of hydrogen-bond acceptors (Lipinski definition) is 10. The maximum atomic E-state index is 12.3. The molecule has 1 fully saturated rings. The van der Waals surface area contributed by atoms with Crippen LogP contribution < -0.4 is 15.6 Å². The largest absolute Gasteiger partial charge is 0.497 e. The molecule has 0 spiro atoms. The molecule has 0 saturated carbocycles. The van der Waals surface area contributed by atoms with E-state index in [1.807, 2.05) is 0 Å². The van der Waals surface area contributed by atoms with Crippen LogP contribution in [-0.4, -0.2) is 72.8 Å². The molecule has 0 unspecified atom stereocenters. The van der Waals surface area contributed by atoms with Crippen molar-refractivity contribution in [2.75, 3.05) is 19.1 Å². The van der Waals surface area contributed by atoms with Gasteiger partial charge in [0, 0.05) is 5.56 Å². The monoisotopic (exact) mass is 416 g/mol. The van der Waals surface area contributed by atoms with Crippen molar-refractivity contribution in [1.29, 1.82) is 0 Å². The number of ether oxygens (including phenoxy) is 2. The first-order valence-electron chi connectivity index (χ1n) is 9.04. The molecule has 1 amide bonds. The topological polar surface area (TPSA) is 164 Å². The second kappa shape index (κ2) is 8.20. The van der Waals surface area contributed by atoms with Gasteiger partial charge in [-0.1, -0.05) is 0 Å². The summed E-state index contributed by atoms with van der Waals surface area (Å²) < 4.78 is 12.0. The number of benzene rings is 1. The van der Waals surface area contributed by atoms with Crippen LogP contribution in [0.4, 0.5) is 5.82 Å². The van der Waals surface area contributed by atoms with E-state index < -0.39 is 37.1 Å². The Morgan fingerprint density at radius 3 is 2.63 bits per heavy atom. The summed E-state index contributed by atoms with van der Waals surface area (Å²) in [6.45, 7) is -0.444. The van der Waals surface area contributed by atoms with E-state index in [2.05, 4.69) is 25.8 Å². The number of amides is 1. The number of rotatable bonds is 6. The number of anilines is 1. The second-order valence-electron chi connectivity index (χ2n) is 6.58. The smallest absolute Gasteiger partial charge is 0.269 e. The Hall–Kier alpha value is -3.32. The number of aromatic nitrogens is 4. The van der Waals surface area contributed by atoms with Crippen molar-refractivity contribution in [1.82, 2.24) is 24.9 Å². The van der Waals surface area contributed by atoms with Gasteiger partial charge in [0.25, 0.3) is 5.91 Å². The third-order valence-electron chi connectivity index (χ3n) is 4.80. The Morgan fingerprint density at radius 1 is 1.20 bits per heavy atom. The molecule has 5 N–H and O–H groups in total. The average molecular weight is 416 g/mol. The van der Waals surface area contributed by atoms with Gasteiger partial charge in [0.2, 0.25) is 0 Å². The van der Waals surface area contributed by atoms with E-state index in [0.29, 0.717) is 22.5 Å². The number of aliphatic hydroxyl groups is 3. The summed E-state index contributed by atoms with van der Waals surface area (Å²) in [7, 11) is 1.54. The molecule has 30 heavy (non-hydrogen) atoms. The zero-order chi connectivity index (χ0) is 21.3. The van der Waals surface area contributed by atoms with E-state index in [1.54, 1.807) is 24.3 Å². The van der Waals surface area contributed by atoms with Crippen molar-refractivity contribution < 1.29 is 29.6 Å². The molecule has 1 saturated heterocycles. The van der Waals surface area contributed by atoms with E-state index in [-0.39, 0.29) is 5.82 Å². The number of imidazole rings is 1. The lowest BCUT2D eigenvalue weighted by Gasteiger charge is -2.16. The molecule has 0 aliphatic carbocycles. The summed E-state index contributed by atoms with van der Waals surface area (Å²) in [5, 5.41) is 29.5. The molecular weight excluding hydrogens is 396 g/mol. The van der Waals surface area contributed by atoms with Crippen LogP contribution >= 0.6 is 0 Å². The third kappa shape index (κ3) is 3.52. The Labute approximate surface area is 170 Å². The predicted octanol–water partition coefficient (Wildman–Crippen LogP) is -0.797. The van der Waals surface area contributed by atoms with Crippen molar-refractivity contribution in [2.24, 2.45) is 0 Å². The molecule has 3 aromatic rings. The maximum Gasteiger partial charge on any atom is 0.269 e. The predicted molar refractivity (Wildman–Crippen MR) is 102 cm³/mol. The van der Waals surface area contributed by atoms with Crippen LogP contribution in [0.1, 0.15) is 16.6 Å². The van der Waals surface area contributed by atoms with Crippen LogP contribution in [0, 0.1) is 0 Å². The summed E-state index contributed by atoms with van der Waals surface area (Å²) in [6, 6.07) is 6.56. The zero-order valence-corrected chi connectivity index (χ0v) is 15.8. The second-order valence-corrected chi connectivity index (χ2v) is 6.58. The summed E-state index contributed by atoms with van der Waals surface area (Å²) in [6.07, 6.45) is -1.81. The van der Waals surface area contributed by atoms with Crippen LogP contribution in [0.5, 0.6) is 5.75 Å². The van der Waals surface area contributed by atoms with Gasteiger partial charge in [-0.3, -0.25) is 20.2 Å². The van der Waals surface area contributed by atoms with Crippen LogP contribution in [0.15, 0.2) is 36.9 Å². The van der Waals surface area contributed by atoms with Gasteiger partial charge < -0.3 is 24.8 Å². The number of aliphatic hydroxyl groups excluding tert-OH is 3. The zero-order valence-electron chi connectivity index (χ0n) is 15.8. The average Bonchev–Trinajstić information content (AvgIpc) is 3.33. The number of carbonyl (C=O) groups excluding carboxylic acids is 1. The van der Waals surface area contributed by atoms with Crippen molar-refractivity contribution >= 4 is 22.9 Å². The van der Waals surface area contributed by atoms with E-state index in [1.165, 1.54) is 24.3 Å². The first-order chi connectivity index (χ1) is 14.5. The van der Waals surface area contributed by atoms with E-state index in [0.717, 1.165) is 0 Å². The molecule has 4 atom stereocenters. The minimum Gasteiger partial charge on any atom is -0.497 e. The number of hydrazine groups is 1. The fraction of sp³-hybridized carbons (Fsp3) is 0.333. The van der Waals surface area contributed by atoms with E-state index in [4.69, 9.17) is 9.47 Å². The van der Waals surface area contributed by atoms with Gasteiger partial charge in [-0.25, -0.2) is 15.0 Å². The number of nitrogens with zero attached hydrogens (tertiary/aromatic N) is 4. The lowest BCUT2D eigenvalue weighted by molar-refractivity contribution is -0.0511. The third-order valence-corrected chi connectivity index (χ3v) is 4.80. The van der Waals surface area contributed by atoms with E-state index >= 15 is 0 Å². The molecule has 4 rings (SSSR count). The number of carbonyl (C=O) groups is 1. The highest BCUT2D eigenvalue weighted by Crippen LogP contribution is 2.31. The van der Waals surface area contributed by atoms with Crippen molar-refractivity contribution in [3.8, 4) is 5.75 Å². The van der Waals surface area contributed by atoms with Gasteiger partial charge in [-0.15, -0.1) is 0 Å². The molecule has 2 aromatic heterocycles. The maximum absolute atomic E-state index is 12.3. The van der Waals surface area contributed by atoms with Crippen molar-refractivity contribution in [3.05, 3.63) is 42.5 Å². The molecule has 1 aromatic carbocycles. The number of fused-ring (bicyclic) bond motifs is 1. The van der Waals surface area contributed by atoms with Gasteiger partial charge in [-0.05, 0) is 24.3 Å². The number of hydrogen-bond donors (Lipinski definition) is 5. The van der Waals surface area contributed by atoms with Gasteiger partial charge >= 0.3 is 0 Å². The van der Waals surface area contributed by atoms with Crippen molar-refractivity contribution in [3.63, 3.8) is 0 Å². The van der Waals surface area contributed by atoms with Crippen LogP contribution in [-0.2, 0) is 4.74 Å². The fourth-order valence-electron chi connectivity index (χ4n) is 3.17. The van der Waals surface area contributed by atoms with Crippen LogP contribution in [0.25, 0.3) is 11.2 Å². The number of methoxy groups -OCH3 is 1. The minimum absolute atomic E-state index is 0.229. The SMILES string of the molecule is COc1ccc(C(=O)NNc2ncnc3c2ncn3[C@@H]2O[C@H](CO)[C@@H](O)[C@H]2O)cc1. The molecule has 0 radical (unpaired) electrons. The highest BCUT2D eigenvalue weighted by Gasteiger charge is 2.44. The quantitative estimate of drug-likeness (QED) is 0.321.